The van der Waals surface area contributed by atoms with Crippen LogP contribution in [0.2, 0.25) is 0 Å². The molecule has 33 heavy (non-hydrogen) atoms. The third kappa shape index (κ3) is 7.88. The summed E-state index contributed by atoms with van der Waals surface area (Å²) in [6.45, 7) is 0. The van der Waals surface area contributed by atoms with Crippen molar-refractivity contribution in [3.05, 3.63) is 60.2 Å². The van der Waals surface area contributed by atoms with Crippen molar-refractivity contribution in [3.63, 3.8) is 0 Å². The monoisotopic (exact) mass is 488 g/mol. The number of aliphatic hydroxyl groups excluding tert-OH is 2. The van der Waals surface area contributed by atoms with E-state index in [4.69, 9.17) is 0 Å². The molecule has 4 atom stereocenters. The fourth-order valence-corrected chi connectivity index (χ4v) is 6.26. The van der Waals surface area contributed by atoms with Gasteiger partial charge in [0.25, 0.3) is 0 Å². The SMILES string of the molecule is COC(=O)CSCCCSC1C(=O)CC(O)C1/C=C/C(O)CCc1ccc2ccccc2c1. The fourth-order valence-electron chi connectivity index (χ4n) is 3.96. The second kappa shape index (κ2) is 13.2. The van der Waals surface area contributed by atoms with Gasteiger partial charge in [-0.2, -0.15) is 11.8 Å². The van der Waals surface area contributed by atoms with Gasteiger partial charge in [-0.05, 0) is 47.1 Å². The molecule has 178 valence electrons. The number of ketones is 1. The molecule has 0 amide bonds. The van der Waals surface area contributed by atoms with Crippen LogP contribution < -0.4 is 0 Å². The van der Waals surface area contributed by atoms with Gasteiger partial charge in [0.15, 0.2) is 0 Å². The molecule has 3 rings (SSSR count). The number of esters is 1. The van der Waals surface area contributed by atoms with E-state index in [0.717, 1.165) is 24.3 Å². The lowest BCUT2D eigenvalue weighted by Gasteiger charge is -2.17. The molecule has 2 aromatic rings. The first-order valence-electron chi connectivity index (χ1n) is 11.3. The molecule has 1 aliphatic carbocycles. The van der Waals surface area contributed by atoms with Crippen molar-refractivity contribution < 1.29 is 24.5 Å². The van der Waals surface area contributed by atoms with E-state index in [1.54, 1.807) is 17.8 Å². The maximum Gasteiger partial charge on any atom is 0.315 e. The summed E-state index contributed by atoms with van der Waals surface area (Å²) in [5.41, 5.74) is 1.18. The average molecular weight is 489 g/mol. The number of benzene rings is 2. The van der Waals surface area contributed by atoms with Crippen molar-refractivity contribution in [3.8, 4) is 0 Å². The highest BCUT2D eigenvalue weighted by Crippen LogP contribution is 2.34. The van der Waals surface area contributed by atoms with Crippen LogP contribution in [0.4, 0.5) is 0 Å². The topological polar surface area (TPSA) is 83.8 Å². The number of methoxy groups -OCH3 is 1. The maximum atomic E-state index is 12.4. The zero-order valence-electron chi connectivity index (χ0n) is 18.9. The minimum absolute atomic E-state index is 0.0648. The minimum atomic E-state index is -0.701. The zero-order valence-corrected chi connectivity index (χ0v) is 20.5. The molecule has 0 aliphatic heterocycles. The smallest absolute Gasteiger partial charge is 0.315 e. The molecular formula is C26H32O5S2. The summed E-state index contributed by atoms with van der Waals surface area (Å²) < 4.78 is 4.62. The number of hydrogen-bond donors (Lipinski definition) is 2. The van der Waals surface area contributed by atoms with Crippen LogP contribution in [0.5, 0.6) is 0 Å². The van der Waals surface area contributed by atoms with E-state index >= 15 is 0 Å². The van der Waals surface area contributed by atoms with Crippen molar-refractivity contribution in [1.29, 1.82) is 0 Å². The van der Waals surface area contributed by atoms with E-state index in [0.29, 0.717) is 12.2 Å². The van der Waals surface area contributed by atoms with Gasteiger partial charge in [0, 0.05) is 12.3 Å². The molecule has 1 aliphatic rings. The van der Waals surface area contributed by atoms with Crippen LogP contribution in [0.25, 0.3) is 10.8 Å². The molecule has 4 unspecified atom stereocenters. The average Bonchev–Trinajstić information content (AvgIpc) is 3.09. The molecule has 0 bridgehead atoms. The number of ether oxygens (including phenoxy) is 1. The van der Waals surface area contributed by atoms with E-state index in [1.807, 2.05) is 18.2 Å². The van der Waals surface area contributed by atoms with Crippen LogP contribution in [0.3, 0.4) is 0 Å². The van der Waals surface area contributed by atoms with E-state index in [-0.39, 0.29) is 29.3 Å². The molecule has 0 heterocycles. The molecule has 2 N–H and O–H groups in total. The Morgan fingerprint density at radius 3 is 2.79 bits per heavy atom. The van der Waals surface area contributed by atoms with Crippen molar-refractivity contribution in [2.24, 2.45) is 5.92 Å². The lowest BCUT2D eigenvalue weighted by molar-refractivity contribution is -0.137. The first kappa shape index (κ1) is 25.8. The highest BCUT2D eigenvalue weighted by atomic mass is 32.2. The van der Waals surface area contributed by atoms with Crippen molar-refractivity contribution in [1.82, 2.24) is 0 Å². The normalized spacial score (nSPS) is 21.7. The number of fused-ring (bicyclic) bond motifs is 1. The van der Waals surface area contributed by atoms with Crippen LogP contribution >= 0.6 is 23.5 Å². The van der Waals surface area contributed by atoms with Gasteiger partial charge in [0.2, 0.25) is 0 Å². The lowest BCUT2D eigenvalue weighted by atomic mass is 10.0. The van der Waals surface area contributed by atoms with Crippen LogP contribution in [0, 0.1) is 5.92 Å². The first-order valence-corrected chi connectivity index (χ1v) is 13.5. The largest absolute Gasteiger partial charge is 0.468 e. The Balaban J connectivity index is 1.45. The Kier molecular flexibility index (Phi) is 10.3. The summed E-state index contributed by atoms with van der Waals surface area (Å²) in [7, 11) is 1.38. The summed E-state index contributed by atoms with van der Waals surface area (Å²) >= 11 is 3.08. The number of aliphatic hydroxyl groups is 2. The van der Waals surface area contributed by atoms with Crippen molar-refractivity contribution in [2.75, 3.05) is 24.4 Å². The number of hydrogen-bond acceptors (Lipinski definition) is 7. The standard InChI is InChI=1S/C26H32O5S2/c1-31-25(30)17-32-13-4-14-33-26-22(23(28)16-24(26)29)12-11-21(27)10-8-18-7-9-19-5-2-3-6-20(19)15-18/h2-3,5-7,9,11-12,15,21-23,26-28H,4,8,10,13-14,16-17H2,1H3/b12-11+. The Morgan fingerprint density at radius 2 is 2.00 bits per heavy atom. The van der Waals surface area contributed by atoms with Gasteiger partial charge in [-0.3, -0.25) is 9.59 Å². The third-order valence-corrected chi connectivity index (χ3v) is 8.28. The Hall–Kier alpha value is -1.80. The summed E-state index contributed by atoms with van der Waals surface area (Å²) in [6, 6.07) is 14.6. The number of carbonyl (C=O) groups is 2. The van der Waals surface area contributed by atoms with E-state index in [1.165, 1.54) is 35.2 Å². The van der Waals surface area contributed by atoms with Gasteiger partial charge in [0.1, 0.15) is 5.78 Å². The number of Topliss-reactive ketones (excluding diaryl/α,β-unsaturated/α-hetero) is 1. The quantitative estimate of drug-likeness (QED) is 0.265. The summed E-state index contributed by atoms with van der Waals surface area (Å²) in [6.07, 6.45) is 4.60. The van der Waals surface area contributed by atoms with Crippen LogP contribution in [0.1, 0.15) is 24.8 Å². The highest BCUT2D eigenvalue weighted by Gasteiger charge is 2.40. The molecule has 0 saturated heterocycles. The Bertz CT molecular complexity index is 961. The van der Waals surface area contributed by atoms with Gasteiger partial charge in [0.05, 0.1) is 30.3 Å². The molecule has 7 heteroatoms. The van der Waals surface area contributed by atoms with E-state index in [9.17, 15) is 19.8 Å². The molecular weight excluding hydrogens is 456 g/mol. The number of carbonyl (C=O) groups excluding carboxylic acids is 2. The van der Waals surface area contributed by atoms with Crippen LogP contribution in [0.15, 0.2) is 54.6 Å². The van der Waals surface area contributed by atoms with E-state index in [2.05, 4.69) is 35.1 Å². The zero-order chi connectivity index (χ0) is 23.6. The summed E-state index contributed by atoms with van der Waals surface area (Å²) in [4.78, 5) is 23.5. The Labute approximate surface area is 204 Å². The highest BCUT2D eigenvalue weighted by molar-refractivity contribution is 8.01. The van der Waals surface area contributed by atoms with Crippen molar-refractivity contribution >= 4 is 46.0 Å². The molecule has 0 aromatic heterocycles. The molecule has 5 nitrogen and oxygen atoms in total. The van der Waals surface area contributed by atoms with Crippen LogP contribution in [-0.2, 0) is 20.7 Å². The van der Waals surface area contributed by atoms with Gasteiger partial charge >= 0.3 is 5.97 Å². The predicted octanol–water partition coefficient (Wildman–Crippen LogP) is 4.04. The van der Waals surface area contributed by atoms with Gasteiger partial charge < -0.3 is 14.9 Å². The van der Waals surface area contributed by atoms with Gasteiger partial charge in [-0.25, -0.2) is 0 Å². The Morgan fingerprint density at radius 1 is 1.21 bits per heavy atom. The minimum Gasteiger partial charge on any atom is -0.468 e. The fraction of sp³-hybridized carbons (Fsp3) is 0.462. The first-order chi connectivity index (χ1) is 16.0. The summed E-state index contributed by atoms with van der Waals surface area (Å²) in [5.74, 6) is 1.50. The summed E-state index contributed by atoms with van der Waals surface area (Å²) in [5, 5.41) is 22.9. The van der Waals surface area contributed by atoms with Gasteiger partial charge in [-0.15, -0.1) is 11.8 Å². The lowest BCUT2D eigenvalue weighted by Crippen LogP contribution is -2.22. The predicted molar refractivity (Wildman–Crippen MR) is 137 cm³/mol. The second-order valence-corrected chi connectivity index (χ2v) is 10.6. The van der Waals surface area contributed by atoms with E-state index < -0.39 is 12.2 Å². The van der Waals surface area contributed by atoms with Crippen molar-refractivity contribution in [2.45, 2.75) is 43.1 Å². The van der Waals surface area contributed by atoms with Gasteiger partial charge in [-0.1, -0.05) is 54.6 Å². The number of thioether (sulfide) groups is 2. The maximum absolute atomic E-state index is 12.4. The number of rotatable bonds is 12. The molecule has 1 fully saturated rings. The molecule has 2 aromatic carbocycles. The second-order valence-electron chi connectivity index (χ2n) is 8.26. The molecule has 0 radical (unpaired) electrons. The van der Waals surface area contributed by atoms with Crippen LogP contribution in [-0.4, -0.2) is 63.8 Å². The molecule has 1 saturated carbocycles. The third-order valence-electron chi connectivity index (χ3n) is 5.80. The molecule has 0 spiro atoms. The number of aryl methyl sites for hydroxylation is 1.